The standard InChI is InChI=1S/C25H23N3O2/c1-30-17-10-11-19-18(14-17)21(16-8-4-2-5-9-16)22-20(26-19)15-28-23(22)27-24(29)25(28)12-6-3-7-13-25/h2,4-5,8-11,14H,3,6-7,12-13,15H2,1H3. The van der Waals surface area contributed by atoms with E-state index >= 15 is 0 Å². The molecular formula is C25H23N3O2. The van der Waals surface area contributed by atoms with E-state index in [1.165, 1.54) is 6.42 Å². The number of ether oxygens (including phenoxy) is 1. The van der Waals surface area contributed by atoms with Gasteiger partial charge in [-0.05, 0) is 36.6 Å². The van der Waals surface area contributed by atoms with Gasteiger partial charge in [-0.15, -0.1) is 0 Å². The fraction of sp³-hybridized carbons (Fsp3) is 0.320. The Morgan fingerprint density at radius 3 is 2.57 bits per heavy atom. The SMILES string of the molecule is COc1ccc2nc3c(c(-c4ccccc4)c2c1)C1=NC(=O)C2(CCCCC2)N1C3. The Morgan fingerprint density at radius 2 is 1.80 bits per heavy atom. The molecule has 3 aliphatic rings. The molecule has 150 valence electrons. The molecule has 3 aromatic rings. The van der Waals surface area contributed by atoms with E-state index in [0.717, 1.165) is 70.6 Å². The van der Waals surface area contributed by atoms with Gasteiger partial charge in [-0.25, -0.2) is 0 Å². The molecule has 6 rings (SSSR count). The molecule has 2 aliphatic heterocycles. The highest BCUT2D eigenvalue weighted by Crippen LogP contribution is 2.47. The molecule has 1 aromatic heterocycles. The highest BCUT2D eigenvalue weighted by molar-refractivity contribution is 6.20. The van der Waals surface area contributed by atoms with Crippen LogP contribution in [0.15, 0.2) is 53.5 Å². The van der Waals surface area contributed by atoms with Gasteiger partial charge in [0.15, 0.2) is 0 Å². The van der Waals surface area contributed by atoms with Gasteiger partial charge in [0.25, 0.3) is 5.91 Å². The Labute approximate surface area is 175 Å². The lowest BCUT2D eigenvalue weighted by Gasteiger charge is -2.38. The molecule has 5 heteroatoms. The Morgan fingerprint density at radius 1 is 1.00 bits per heavy atom. The number of nitrogens with zero attached hydrogens (tertiary/aromatic N) is 3. The van der Waals surface area contributed by atoms with E-state index in [4.69, 9.17) is 9.72 Å². The highest BCUT2D eigenvalue weighted by Gasteiger charge is 2.54. The quantitative estimate of drug-likeness (QED) is 0.628. The van der Waals surface area contributed by atoms with Gasteiger partial charge in [0.1, 0.15) is 17.1 Å². The van der Waals surface area contributed by atoms with Gasteiger partial charge in [-0.1, -0.05) is 49.6 Å². The van der Waals surface area contributed by atoms with Crippen LogP contribution >= 0.6 is 0 Å². The first-order chi connectivity index (χ1) is 14.7. The van der Waals surface area contributed by atoms with Crippen LogP contribution in [0.3, 0.4) is 0 Å². The Hall–Kier alpha value is -3.21. The van der Waals surface area contributed by atoms with Gasteiger partial charge in [0.05, 0.1) is 24.9 Å². The van der Waals surface area contributed by atoms with Gasteiger partial charge in [0, 0.05) is 16.5 Å². The van der Waals surface area contributed by atoms with Crippen molar-refractivity contribution in [2.24, 2.45) is 4.99 Å². The second-order valence-electron chi connectivity index (χ2n) is 8.48. The molecule has 1 fully saturated rings. The van der Waals surface area contributed by atoms with E-state index in [2.05, 4.69) is 22.0 Å². The molecule has 1 aliphatic carbocycles. The molecule has 0 N–H and O–H groups in total. The maximum absolute atomic E-state index is 13.1. The van der Waals surface area contributed by atoms with E-state index in [1.54, 1.807) is 7.11 Å². The van der Waals surface area contributed by atoms with Crippen LogP contribution in [0.25, 0.3) is 22.0 Å². The van der Waals surface area contributed by atoms with E-state index in [-0.39, 0.29) is 5.91 Å². The molecule has 0 unspecified atom stereocenters. The average Bonchev–Trinajstić information content (AvgIpc) is 3.27. The molecule has 30 heavy (non-hydrogen) atoms. The van der Waals surface area contributed by atoms with Crippen molar-refractivity contribution in [3.63, 3.8) is 0 Å². The number of aliphatic imine (C=N–C) groups is 1. The highest BCUT2D eigenvalue weighted by atomic mass is 16.5. The van der Waals surface area contributed by atoms with Crippen molar-refractivity contribution in [2.75, 3.05) is 7.11 Å². The average molecular weight is 397 g/mol. The predicted molar refractivity (Wildman–Crippen MR) is 117 cm³/mol. The molecule has 1 amide bonds. The summed E-state index contributed by atoms with van der Waals surface area (Å²) in [6.07, 6.45) is 5.14. The summed E-state index contributed by atoms with van der Waals surface area (Å²) in [7, 11) is 1.68. The molecule has 3 heterocycles. The minimum absolute atomic E-state index is 0.0348. The molecule has 5 nitrogen and oxygen atoms in total. The van der Waals surface area contributed by atoms with Gasteiger partial charge in [0.2, 0.25) is 0 Å². The van der Waals surface area contributed by atoms with Crippen molar-refractivity contribution >= 4 is 22.6 Å². The van der Waals surface area contributed by atoms with Gasteiger partial charge in [-0.3, -0.25) is 9.78 Å². The van der Waals surface area contributed by atoms with Crippen molar-refractivity contribution in [1.29, 1.82) is 0 Å². The van der Waals surface area contributed by atoms with Crippen molar-refractivity contribution in [3.8, 4) is 16.9 Å². The van der Waals surface area contributed by atoms with E-state index in [0.29, 0.717) is 6.54 Å². The molecule has 0 radical (unpaired) electrons. The molecular weight excluding hydrogens is 374 g/mol. The number of amidine groups is 1. The number of benzene rings is 2. The molecule has 0 atom stereocenters. The van der Waals surface area contributed by atoms with Crippen LogP contribution in [0.2, 0.25) is 0 Å². The lowest BCUT2D eigenvalue weighted by Crippen LogP contribution is -2.50. The fourth-order valence-electron chi connectivity index (χ4n) is 5.45. The Bertz CT molecular complexity index is 1210. The molecule has 1 saturated carbocycles. The number of hydrogen-bond donors (Lipinski definition) is 0. The third-order valence-electron chi connectivity index (χ3n) is 6.92. The van der Waals surface area contributed by atoms with Crippen LogP contribution in [-0.4, -0.2) is 34.3 Å². The minimum Gasteiger partial charge on any atom is -0.497 e. The summed E-state index contributed by atoms with van der Waals surface area (Å²) in [5.41, 5.74) is 4.71. The number of hydrogen-bond acceptors (Lipinski definition) is 4. The summed E-state index contributed by atoms with van der Waals surface area (Å²) in [5.74, 6) is 1.64. The zero-order valence-electron chi connectivity index (χ0n) is 17.0. The number of carbonyl (C=O) groups excluding carboxylic acids is 1. The van der Waals surface area contributed by atoms with Crippen LogP contribution in [0.1, 0.15) is 43.4 Å². The normalized spacial score (nSPS) is 19.2. The monoisotopic (exact) mass is 397 g/mol. The Balaban J connectivity index is 1.63. The number of pyridine rings is 1. The van der Waals surface area contributed by atoms with Gasteiger partial charge < -0.3 is 9.64 Å². The lowest BCUT2D eigenvalue weighted by molar-refractivity contribution is -0.127. The number of aromatic nitrogens is 1. The summed E-state index contributed by atoms with van der Waals surface area (Å²) in [6, 6.07) is 16.4. The molecule has 2 aromatic carbocycles. The fourth-order valence-corrected chi connectivity index (χ4v) is 5.45. The third kappa shape index (κ3) is 2.32. The van der Waals surface area contributed by atoms with Crippen LogP contribution in [0, 0.1) is 0 Å². The summed E-state index contributed by atoms with van der Waals surface area (Å²) in [5, 5.41) is 1.03. The first kappa shape index (κ1) is 17.6. The predicted octanol–water partition coefficient (Wildman–Crippen LogP) is 4.72. The first-order valence-electron chi connectivity index (χ1n) is 10.7. The maximum Gasteiger partial charge on any atom is 0.273 e. The molecule has 0 saturated heterocycles. The number of fused-ring (bicyclic) bond motifs is 5. The van der Waals surface area contributed by atoms with E-state index in [9.17, 15) is 4.79 Å². The van der Waals surface area contributed by atoms with E-state index < -0.39 is 5.54 Å². The van der Waals surface area contributed by atoms with Crippen LogP contribution in [0.4, 0.5) is 0 Å². The van der Waals surface area contributed by atoms with Crippen molar-refractivity contribution in [2.45, 2.75) is 44.2 Å². The second-order valence-corrected chi connectivity index (χ2v) is 8.48. The summed E-state index contributed by atoms with van der Waals surface area (Å²) in [6.45, 7) is 0.654. The lowest BCUT2D eigenvalue weighted by atomic mass is 9.80. The number of carbonyl (C=O) groups is 1. The Kier molecular flexibility index (Phi) is 3.76. The maximum atomic E-state index is 13.1. The molecule has 0 bridgehead atoms. The zero-order valence-corrected chi connectivity index (χ0v) is 17.0. The third-order valence-corrected chi connectivity index (χ3v) is 6.92. The van der Waals surface area contributed by atoms with Crippen LogP contribution < -0.4 is 4.74 Å². The largest absolute Gasteiger partial charge is 0.497 e. The topological polar surface area (TPSA) is 54.8 Å². The number of rotatable bonds is 2. The van der Waals surface area contributed by atoms with Crippen molar-refractivity contribution in [3.05, 3.63) is 59.8 Å². The summed E-state index contributed by atoms with van der Waals surface area (Å²) < 4.78 is 5.50. The van der Waals surface area contributed by atoms with E-state index in [1.807, 2.05) is 36.4 Å². The second kappa shape index (κ2) is 6.39. The van der Waals surface area contributed by atoms with Gasteiger partial charge in [-0.2, -0.15) is 4.99 Å². The zero-order chi connectivity index (χ0) is 20.3. The summed E-state index contributed by atoms with van der Waals surface area (Å²) >= 11 is 0. The van der Waals surface area contributed by atoms with Crippen LogP contribution in [0.5, 0.6) is 5.75 Å². The first-order valence-corrected chi connectivity index (χ1v) is 10.7. The van der Waals surface area contributed by atoms with Crippen molar-refractivity contribution < 1.29 is 9.53 Å². The van der Waals surface area contributed by atoms with Gasteiger partial charge >= 0.3 is 0 Å². The number of methoxy groups -OCH3 is 1. The smallest absolute Gasteiger partial charge is 0.273 e. The number of amides is 1. The summed E-state index contributed by atoms with van der Waals surface area (Å²) in [4.78, 5) is 25.0. The minimum atomic E-state index is -0.466. The van der Waals surface area contributed by atoms with Crippen LogP contribution in [-0.2, 0) is 11.3 Å². The molecule has 1 spiro atoms. The van der Waals surface area contributed by atoms with Crippen molar-refractivity contribution in [1.82, 2.24) is 9.88 Å².